The molecule has 0 aliphatic carbocycles. The molecule has 1 saturated heterocycles. The minimum atomic E-state index is -0.939. The lowest BCUT2D eigenvalue weighted by molar-refractivity contribution is 0.0697. The SMILES string of the molecule is Cc1cc(C)cc(N2C(=S)N[C@@H](c3ccccn3)[C@@H]2c2cc(C)n(-c3cc(C(=O)O)ccc3C)c2C)c1. The zero-order valence-corrected chi connectivity index (χ0v) is 22.4. The fraction of sp³-hybridized carbons (Fsp3) is 0.233. The van der Waals surface area contributed by atoms with Crippen LogP contribution in [0, 0.1) is 34.6 Å². The predicted octanol–water partition coefficient (Wildman–Crippen LogP) is 6.29. The summed E-state index contributed by atoms with van der Waals surface area (Å²) >= 11 is 5.92. The maximum Gasteiger partial charge on any atom is 0.335 e. The number of aryl methyl sites for hydroxylation is 4. The van der Waals surface area contributed by atoms with E-state index in [1.807, 2.05) is 31.2 Å². The van der Waals surface area contributed by atoms with Crippen molar-refractivity contribution in [2.75, 3.05) is 4.90 Å². The van der Waals surface area contributed by atoms with Crippen LogP contribution in [0.1, 0.15) is 61.8 Å². The van der Waals surface area contributed by atoms with E-state index in [1.165, 1.54) is 11.1 Å². The van der Waals surface area contributed by atoms with Gasteiger partial charge in [-0.05, 0) is 112 Å². The average molecular weight is 511 g/mol. The smallest absolute Gasteiger partial charge is 0.335 e. The summed E-state index contributed by atoms with van der Waals surface area (Å²) in [4.78, 5) is 18.6. The number of aromatic nitrogens is 2. The number of thiocarbonyl (C=S) groups is 1. The van der Waals surface area contributed by atoms with Gasteiger partial charge in [-0.2, -0.15) is 0 Å². The molecule has 0 saturated carbocycles. The van der Waals surface area contributed by atoms with Crippen molar-refractivity contribution in [1.29, 1.82) is 0 Å². The predicted molar refractivity (Wildman–Crippen MR) is 151 cm³/mol. The van der Waals surface area contributed by atoms with Gasteiger partial charge in [0.15, 0.2) is 5.11 Å². The topological polar surface area (TPSA) is 70.4 Å². The molecule has 0 radical (unpaired) electrons. The molecule has 3 heterocycles. The zero-order valence-electron chi connectivity index (χ0n) is 21.6. The molecular formula is C30H30N4O2S. The Morgan fingerprint density at radius 2 is 1.70 bits per heavy atom. The highest BCUT2D eigenvalue weighted by molar-refractivity contribution is 7.80. The van der Waals surface area contributed by atoms with Gasteiger partial charge >= 0.3 is 5.97 Å². The average Bonchev–Trinajstić information content (AvgIpc) is 3.34. The second-order valence-corrected chi connectivity index (χ2v) is 10.2. The first-order valence-electron chi connectivity index (χ1n) is 12.3. The molecule has 0 spiro atoms. The molecule has 2 atom stereocenters. The molecule has 7 heteroatoms. The van der Waals surface area contributed by atoms with Crippen LogP contribution in [0.2, 0.25) is 0 Å². The molecule has 0 bridgehead atoms. The van der Waals surface area contributed by atoms with Crippen LogP contribution in [0.3, 0.4) is 0 Å². The Kier molecular flexibility index (Phi) is 6.33. The lowest BCUT2D eigenvalue weighted by atomic mass is 9.96. The quantitative estimate of drug-likeness (QED) is 0.308. The van der Waals surface area contributed by atoms with Crippen molar-refractivity contribution < 1.29 is 9.90 Å². The normalized spacial score (nSPS) is 17.2. The number of rotatable bonds is 5. The van der Waals surface area contributed by atoms with E-state index in [1.54, 1.807) is 18.3 Å². The van der Waals surface area contributed by atoms with Crippen molar-refractivity contribution in [1.82, 2.24) is 14.9 Å². The van der Waals surface area contributed by atoms with Crippen molar-refractivity contribution in [2.24, 2.45) is 0 Å². The van der Waals surface area contributed by atoms with Crippen LogP contribution in [0.25, 0.3) is 5.69 Å². The Hall–Kier alpha value is -3.97. The molecule has 1 aliphatic heterocycles. The molecule has 188 valence electrons. The highest BCUT2D eigenvalue weighted by atomic mass is 32.1. The number of anilines is 1. The third-order valence-electron chi connectivity index (χ3n) is 7.07. The van der Waals surface area contributed by atoms with Crippen LogP contribution >= 0.6 is 12.2 Å². The Labute approximate surface area is 222 Å². The van der Waals surface area contributed by atoms with Gasteiger partial charge in [-0.15, -0.1) is 0 Å². The molecular weight excluding hydrogens is 480 g/mol. The lowest BCUT2D eigenvalue weighted by Gasteiger charge is -2.29. The first kappa shape index (κ1) is 24.7. The second kappa shape index (κ2) is 9.48. The molecule has 2 N–H and O–H groups in total. The number of carbonyl (C=O) groups is 1. The van der Waals surface area contributed by atoms with Crippen LogP contribution in [-0.2, 0) is 0 Å². The zero-order chi connectivity index (χ0) is 26.4. The number of carboxylic acids is 1. The van der Waals surface area contributed by atoms with Gasteiger partial charge in [0, 0.05) is 29.0 Å². The summed E-state index contributed by atoms with van der Waals surface area (Å²) in [7, 11) is 0. The standard InChI is InChI=1S/C30H30N4O2S/c1-17-12-18(2)14-23(13-17)34-28(27(32-30(34)37)25-8-6-7-11-31-25)24-15-20(4)33(21(24)5)26-16-22(29(35)36)10-9-19(26)3/h6-16,27-28H,1-5H3,(H,32,37)(H,35,36)/t27-,28-/m0/s1. The number of nitrogens with one attached hydrogen (secondary N) is 1. The number of hydrogen-bond acceptors (Lipinski definition) is 3. The molecule has 2 aromatic carbocycles. The summed E-state index contributed by atoms with van der Waals surface area (Å²) in [5.41, 5.74) is 9.59. The van der Waals surface area contributed by atoms with Crippen LogP contribution in [0.4, 0.5) is 5.69 Å². The Morgan fingerprint density at radius 3 is 2.35 bits per heavy atom. The van der Waals surface area contributed by atoms with Gasteiger partial charge in [0.1, 0.15) is 0 Å². The van der Waals surface area contributed by atoms with Crippen LogP contribution in [-0.4, -0.2) is 25.7 Å². The molecule has 0 amide bonds. The third-order valence-corrected chi connectivity index (χ3v) is 7.38. The molecule has 6 nitrogen and oxygen atoms in total. The number of carboxylic acid groups (broad SMARTS) is 1. The highest BCUT2D eigenvalue weighted by Gasteiger charge is 2.42. The van der Waals surface area contributed by atoms with E-state index in [0.717, 1.165) is 39.6 Å². The Balaban J connectivity index is 1.72. The number of hydrogen-bond donors (Lipinski definition) is 2. The summed E-state index contributed by atoms with van der Waals surface area (Å²) in [6.45, 7) is 10.3. The number of nitrogens with zero attached hydrogens (tertiary/aromatic N) is 3. The molecule has 1 fully saturated rings. The van der Waals surface area contributed by atoms with Crippen LogP contribution in [0.15, 0.2) is 66.9 Å². The van der Waals surface area contributed by atoms with Crippen molar-refractivity contribution in [3.8, 4) is 5.69 Å². The second-order valence-electron chi connectivity index (χ2n) is 9.81. The van der Waals surface area contributed by atoms with Crippen molar-refractivity contribution >= 4 is 29.0 Å². The minimum Gasteiger partial charge on any atom is -0.478 e. The first-order chi connectivity index (χ1) is 17.7. The van der Waals surface area contributed by atoms with Gasteiger partial charge in [0.2, 0.25) is 0 Å². The number of aromatic carboxylic acids is 1. The van der Waals surface area contributed by atoms with Gasteiger partial charge in [-0.3, -0.25) is 4.98 Å². The largest absolute Gasteiger partial charge is 0.478 e. The minimum absolute atomic E-state index is 0.147. The maximum absolute atomic E-state index is 11.7. The van der Waals surface area contributed by atoms with Gasteiger partial charge < -0.3 is 19.9 Å². The molecule has 2 aromatic heterocycles. The Bertz CT molecular complexity index is 1510. The third kappa shape index (κ3) is 4.40. The molecule has 1 aliphatic rings. The van der Waals surface area contributed by atoms with Gasteiger partial charge in [0.25, 0.3) is 0 Å². The number of pyridine rings is 1. The highest BCUT2D eigenvalue weighted by Crippen LogP contribution is 2.44. The first-order valence-corrected chi connectivity index (χ1v) is 12.7. The molecule has 4 aromatic rings. The van der Waals surface area contributed by atoms with E-state index in [0.29, 0.717) is 5.11 Å². The van der Waals surface area contributed by atoms with E-state index in [2.05, 4.69) is 71.7 Å². The van der Waals surface area contributed by atoms with Gasteiger partial charge in [-0.1, -0.05) is 18.2 Å². The van der Waals surface area contributed by atoms with Gasteiger partial charge in [0.05, 0.1) is 23.3 Å². The fourth-order valence-corrected chi connectivity index (χ4v) is 5.83. The van der Waals surface area contributed by atoms with E-state index in [9.17, 15) is 9.90 Å². The summed E-state index contributed by atoms with van der Waals surface area (Å²) in [5.74, 6) is -0.939. The van der Waals surface area contributed by atoms with Crippen molar-refractivity contribution in [3.63, 3.8) is 0 Å². The van der Waals surface area contributed by atoms with Crippen LogP contribution in [0.5, 0.6) is 0 Å². The van der Waals surface area contributed by atoms with E-state index < -0.39 is 5.97 Å². The fourth-order valence-electron chi connectivity index (χ4n) is 5.48. The van der Waals surface area contributed by atoms with Crippen LogP contribution < -0.4 is 10.2 Å². The summed E-state index contributed by atoms with van der Waals surface area (Å²) in [6, 6.07) is 19.6. The Morgan fingerprint density at radius 1 is 0.973 bits per heavy atom. The summed E-state index contributed by atoms with van der Waals surface area (Å²) < 4.78 is 2.15. The monoisotopic (exact) mass is 510 g/mol. The van der Waals surface area contributed by atoms with Gasteiger partial charge in [-0.25, -0.2) is 4.79 Å². The van der Waals surface area contributed by atoms with E-state index in [4.69, 9.17) is 12.2 Å². The molecule has 0 unspecified atom stereocenters. The molecule has 5 rings (SSSR count). The maximum atomic E-state index is 11.7. The molecule has 37 heavy (non-hydrogen) atoms. The summed E-state index contributed by atoms with van der Waals surface area (Å²) in [5, 5.41) is 13.8. The van der Waals surface area contributed by atoms with E-state index >= 15 is 0 Å². The summed E-state index contributed by atoms with van der Waals surface area (Å²) in [6.07, 6.45) is 1.81. The number of benzene rings is 2. The van der Waals surface area contributed by atoms with E-state index in [-0.39, 0.29) is 17.6 Å². The van der Waals surface area contributed by atoms with Crippen molar-refractivity contribution in [2.45, 2.75) is 46.7 Å². The van der Waals surface area contributed by atoms with Crippen molar-refractivity contribution in [3.05, 3.63) is 112 Å². The lowest BCUT2D eigenvalue weighted by Crippen LogP contribution is -2.29.